The molecular weight excluding hydrogens is 140 g/mol. The van der Waals surface area contributed by atoms with E-state index in [1.54, 1.807) is 0 Å². The summed E-state index contributed by atoms with van der Waals surface area (Å²) in [5.41, 5.74) is 0. The van der Waals surface area contributed by atoms with Crippen molar-refractivity contribution < 1.29 is 13.6 Å². The van der Waals surface area contributed by atoms with Crippen molar-refractivity contribution in [1.82, 2.24) is 4.90 Å². The number of alkyl halides is 2. The Balaban J connectivity index is 2.57. The zero-order valence-corrected chi connectivity index (χ0v) is 5.68. The number of likely N-dealkylation sites (tertiary alicyclic amines) is 1. The highest BCUT2D eigenvalue weighted by Crippen LogP contribution is 2.21. The first kappa shape index (κ1) is 7.44. The monoisotopic (exact) mass is 149 g/mol. The van der Waals surface area contributed by atoms with Gasteiger partial charge < -0.3 is 4.90 Å². The first-order chi connectivity index (χ1) is 4.63. The summed E-state index contributed by atoms with van der Waals surface area (Å²) in [6, 6.07) is -0.840. The van der Waals surface area contributed by atoms with Gasteiger partial charge in [0.05, 0.1) is 6.04 Å². The van der Waals surface area contributed by atoms with E-state index in [2.05, 4.69) is 0 Å². The molecule has 0 radical (unpaired) electrons. The van der Waals surface area contributed by atoms with E-state index in [0.717, 1.165) is 4.90 Å². The van der Waals surface area contributed by atoms with E-state index in [-0.39, 0.29) is 12.3 Å². The lowest BCUT2D eigenvalue weighted by Crippen LogP contribution is -2.33. The van der Waals surface area contributed by atoms with Gasteiger partial charge in [-0.15, -0.1) is 0 Å². The molecule has 1 aliphatic rings. The second-order valence-corrected chi connectivity index (χ2v) is 2.45. The van der Waals surface area contributed by atoms with Crippen LogP contribution in [-0.4, -0.2) is 30.3 Å². The standard InChI is InChI=1S/C6H9F2NO/c1-9-4(6(7)8)2-3-5(9)10/h4,6H,2-3H2,1H3. The minimum atomic E-state index is -2.39. The zero-order chi connectivity index (χ0) is 7.72. The molecule has 0 aromatic heterocycles. The van der Waals surface area contributed by atoms with Crippen LogP contribution in [0.5, 0.6) is 0 Å². The van der Waals surface area contributed by atoms with E-state index in [9.17, 15) is 13.6 Å². The Labute approximate surface area is 57.8 Å². The van der Waals surface area contributed by atoms with E-state index in [0.29, 0.717) is 6.42 Å². The number of halogens is 2. The molecule has 1 heterocycles. The third-order valence-corrected chi connectivity index (χ3v) is 1.84. The van der Waals surface area contributed by atoms with Crippen LogP contribution in [-0.2, 0) is 4.79 Å². The van der Waals surface area contributed by atoms with Gasteiger partial charge >= 0.3 is 0 Å². The molecule has 1 amide bonds. The summed E-state index contributed by atoms with van der Waals surface area (Å²) in [6.07, 6.45) is -1.82. The normalized spacial score (nSPS) is 26.6. The molecule has 1 fully saturated rings. The van der Waals surface area contributed by atoms with Gasteiger partial charge in [-0.25, -0.2) is 8.78 Å². The summed E-state index contributed by atoms with van der Waals surface area (Å²) >= 11 is 0. The molecule has 4 heteroatoms. The molecule has 1 unspecified atom stereocenters. The average Bonchev–Trinajstić information content (AvgIpc) is 2.14. The lowest BCUT2D eigenvalue weighted by atomic mass is 10.2. The topological polar surface area (TPSA) is 20.3 Å². The second-order valence-electron chi connectivity index (χ2n) is 2.45. The van der Waals surface area contributed by atoms with Gasteiger partial charge in [0.2, 0.25) is 5.91 Å². The molecule has 1 rings (SSSR count). The van der Waals surface area contributed by atoms with Gasteiger partial charge in [-0.3, -0.25) is 4.79 Å². The minimum Gasteiger partial charge on any atom is -0.337 e. The Morgan fingerprint density at radius 1 is 1.70 bits per heavy atom. The van der Waals surface area contributed by atoms with Crippen molar-refractivity contribution >= 4 is 5.91 Å². The Kier molecular flexibility index (Phi) is 1.87. The highest BCUT2D eigenvalue weighted by atomic mass is 19.3. The van der Waals surface area contributed by atoms with Crippen LogP contribution in [0.3, 0.4) is 0 Å². The molecular formula is C6H9F2NO. The number of hydrogen-bond acceptors (Lipinski definition) is 1. The third kappa shape index (κ3) is 1.10. The van der Waals surface area contributed by atoms with Crippen molar-refractivity contribution in [3.05, 3.63) is 0 Å². The molecule has 10 heavy (non-hydrogen) atoms. The van der Waals surface area contributed by atoms with Gasteiger partial charge in [-0.1, -0.05) is 0 Å². The zero-order valence-electron chi connectivity index (χ0n) is 5.68. The average molecular weight is 149 g/mol. The van der Waals surface area contributed by atoms with Crippen molar-refractivity contribution in [1.29, 1.82) is 0 Å². The predicted octanol–water partition coefficient (Wildman–Crippen LogP) is 0.872. The van der Waals surface area contributed by atoms with E-state index in [1.165, 1.54) is 7.05 Å². The quantitative estimate of drug-likeness (QED) is 0.541. The molecule has 0 aliphatic carbocycles. The SMILES string of the molecule is CN1C(=O)CCC1C(F)F. The van der Waals surface area contributed by atoms with Crippen LogP contribution in [0.4, 0.5) is 8.78 Å². The Morgan fingerprint density at radius 2 is 2.30 bits per heavy atom. The summed E-state index contributed by atoms with van der Waals surface area (Å²) in [5, 5.41) is 0. The summed E-state index contributed by atoms with van der Waals surface area (Å²) in [4.78, 5) is 11.8. The van der Waals surface area contributed by atoms with Crippen molar-refractivity contribution in [2.75, 3.05) is 7.05 Å². The van der Waals surface area contributed by atoms with Crippen LogP contribution in [0, 0.1) is 0 Å². The fraction of sp³-hybridized carbons (Fsp3) is 0.833. The van der Waals surface area contributed by atoms with Crippen LogP contribution >= 0.6 is 0 Å². The summed E-state index contributed by atoms with van der Waals surface area (Å²) in [7, 11) is 1.42. The highest BCUT2D eigenvalue weighted by Gasteiger charge is 2.33. The van der Waals surface area contributed by atoms with Crippen LogP contribution in [0.1, 0.15) is 12.8 Å². The van der Waals surface area contributed by atoms with Crippen molar-refractivity contribution in [2.45, 2.75) is 25.3 Å². The van der Waals surface area contributed by atoms with Crippen molar-refractivity contribution in [2.24, 2.45) is 0 Å². The number of amides is 1. The van der Waals surface area contributed by atoms with Crippen LogP contribution < -0.4 is 0 Å². The lowest BCUT2D eigenvalue weighted by molar-refractivity contribution is -0.129. The molecule has 0 saturated carbocycles. The molecule has 0 bridgehead atoms. The predicted molar refractivity (Wildman–Crippen MR) is 31.8 cm³/mol. The molecule has 0 aromatic carbocycles. The minimum absolute atomic E-state index is 0.176. The first-order valence-electron chi connectivity index (χ1n) is 3.16. The van der Waals surface area contributed by atoms with Gasteiger partial charge in [0, 0.05) is 13.5 Å². The maximum absolute atomic E-state index is 12.0. The molecule has 1 saturated heterocycles. The van der Waals surface area contributed by atoms with Gasteiger partial charge in [0.15, 0.2) is 0 Å². The largest absolute Gasteiger partial charge is 0.337 e. The Morgan fingerprint density at radius 3 is 2.50 bits per heavy atom. The number of carbonyl (C=O) groups excluding carboxylic acids is 1. The summed E-state index contributed by atoms with van der Waals surface area (Å²) < 4.78 is 23.9. The maximum atomic E-state index is 12.0. The lowest BCUT2D eigenvalue weighted by Gasteiger charge is -2.17. The maximum Gasteiger partial charge on any atom is 0.258 e. The molecule has 0 spiro atoms. The molecule has 58 valence electrons. The number of carbonyl (C=O) groups is 1. The van der Waals surface area contributed by atoms with Gasteiger partial charge in [-0.2, -0.15) is 0 Å². The molecule has 0 aromatic rings. The van der Waals surface area contributed by atoms with E-state index in [4.69, 9.17) is 0 Å². The fourth-order valence-electron chi connectivity index (χ4n) is 1.12. The van der Waals surface area contributed by atoms with Crippen LogP contribution in [0.25, 0.3) is 0 Å². The van der Waals surface area contributed by atoms with E-state index < -0.39 is 12.5 Å². The highest BCUT2D eigenvalue weighted by molar-refractivity contribution is 5.78. The van der Waals surface area contributed by atoms with Crippen LogP contribution in [0.15, 0.2) is 0 Å². The van der Waals surface area contributed by atoms with Crippen LogP contribution in [0.2, 0.25) is 0 Å². The second kappa shape index (κ2) is 2.52. The molecule has 1 aliphatic heterocycles. The van der Waals surface area contributed by atoms with E-state index >= 15 is 0 Å². The Bertz CT molecular complexity index is 149. The molecule has 0 N–H and O–H groups in total. The summed E-state index contributed by atoms with van der Waals surface area (Å²) in [6.45, 7) is 0. The number of rotatable bonds is 1. The summed E-state index contributed by atoms with van der Waals surface area (Å²) in [5.74, 6) is -0.176. The fourth-order valence-corrected chi connectivity index (χ4v) is 1.12. The van der Waals surface area contributed by atoms with Gasteiger partial charge in [0.1, 0.15) is 0 Å². The van der Waals surface area contributed by atoms with Gasteiger partial charge in [-0.05, 0) is 6.42 Å². The molecule has 2 nitrogen and oxygen atoms in total. The Hall–Kier alpha value is -0.670. The smallest absolute Gasteiger partial charge is 0.258 e. The number of nitrogens with zero attached hydrogens (tertiary/aromatic N) is 1. The third-order valence-electron chi connectivity index (χ3n) is 1.84. The van der Waals surface area contributed by atoms with Gasteiger partial charge in [0.25, 0.3) is 6.43 Å². The number of hydrogen-bond donors (Lipinski definition) is 0. The van der Waals surface area contributed by atoms with Crippen molar-refractivity contribution in [3.63, 3.8) is 0 Å². The first-order valence-corrected chi connectivity index (χ1v) is 3.16. The molecule has 1 atom stereocenters. The van der Waals surface area contributed by atoms with Crippen molar-refractivity contribution in [3.8, 4) is 0 Å². The van der Waals surface area contributed by atoms with E-state index in [1.807, 2.05) is 0 Å².